The zero-order valence-electron chi connectivity index (χ0n) is 9.88. The molecule has 0 aliphatic carbocycles. The van der Waals surface area contributed by atoms with Crippen LogP contribution in [0.1, 0.15) is 30.8 Å². The van der Waals surface area contributed by atoms with E-state index in [2.05, 4.69) is 29.5 Å². The Morgan fingerprint density at radius 1 is 1.53 bits per heavy atom. The third kappa shape index (κ3) is 4.62. The molecule has 1 rings (SSSR count). The number of aliphatic carboxylic acids is 1. The molecule has 0 aliphatic rings. The van der Waals surface area contributed by atoms with Crippen LogP contribution >= 0.6 is 0 Å². The number of carboxylic acids is 1. The number of aromatic nitrogens is 3. The molecule has 2 N–H and O–H groups in total. The normalized spacial score (nSPS) is 10.5. The van der Waals surface area contributed by atoms with Crippen LogP contribution in [0.25, 0.3) is 0 Å². The number of hydrogen-bond acceptors (Lipinski definition) is 4. The largest absolute Gasteiger partial charge is 0.480 e. The van der Waals surface area contributed by atoms with Crippen molar-refractivity contribution in [1.29, 1.82) is 0 Å². The Labute approximate surface area is 98.8 Å². The molecule has 0 atom stereocenters. The van der Waals surface area contributed by atoms with Crippen molar-refractivity contribution in [3.63, 3.8) is 0 Å². The van der Waals surface area contributed by atoms with Crippen molar-refractivity contribution in [2.24, 2.45) is 5.92 Å². The summed E-state index contributed by atoms with van der Waals surface area (Å²) in [4.78, 5) is 22.0. The Bertz CT molecular complexity index is 400. The number of carbonyl (C=O) groups is 2. The number of amides is 1. The molecule has 0 aliphatic heterocycles. The third-order valence-corrected chi connectivity index (χ3v) is 2.08. The fourth-order valence-corrected chi connectivity index (χ4v) is 1.18. The predicted octanol–water partition coefficient (Wildman–Crippen LogP) is 0.139. The van der Waals surface area contributed by atoms with E-state index in [1.54, 1.807) is 0 Å². The van der Waals surface area contributed by atoms with Crippen LogP contribution in [-0.2, 0) is 11.3 Å². The molecule has 0 aromatic carbocycles. The number of nitrogens with zero attached hydrogens (tertiary/aromatic N) is 3. The van der Waals surface area contributed by atoms with Gasteiger partial charge >= 0.3 is 5.97 Å². The van der Waals surface area contributed by atoms with Crippen LogP contribution in [0.4, 0.5) is 0 Å². The minimum absolute atomic E-state index is 0.134. The van der Waals surface area contributed by atoms with Crippen molar-refractivity contribution in [3.05, 3.63) is 11.9 Å². The van der Waals surface area contributed by atoms with E-state index in [9.17, 15) is 9.59 Å². The fraction of sp³-hybridized carbons (Fsp3) is 0.600. The summed E-state index contributed by atoms with van der Waals surface area (Å²) in [6.07, 6.45) is 2.20. The van der Waals surface area contributed by atoms with Crippen LogP contribution in [0.2, 0.25) is 0 Å². The molecule has 7 heteroatoms. The topological polar surface area (TPSA) is 97.1 Å². The zero-order chi connectivity index (χ0) is 12.8. The molecular weight excluding hydrogens is 224 g/mol. The first-order valence-electron chi connectivity index (χ1n) is 5.39. The minimum atomic E-state index is -1.03. The highest BCUT2D eigenvalue weighted by Crippen LogP contribution is 1.98. The maximum absolute atomic E-state index is 11.6. The van der Waals surface area contributed by atoms with Gasteiger partial charge in [-0.05, 0) is 12.3 Å². The standard InChI is InChI=1S/C10H16N4O3/c1-7(2)3-4-11-10(17)8-5-14(13-12-8)6-9(15)16/h5,7H,3-4,6H2,1-2H3,(H,11,17)(H,15,16). The monoisotopic (exact) mass is 240 g/mol. The van der Waals surface area contributed by atoms with E-state index < -0.39 is 5.97 Å². The molecule has 1 aromatic rings. The molecular formula is C10H16N4O3. The molecule has 0 bridgehead atoms. The second-order valence-corrected chi connectivity index (χ2v) is 4.13. The van der Waals surface area contributed by atoms with Gasteiger partial charge in [-0.25, -0.2) is 4.68 Å². The third-order valence-electron chi connectivity index (χ3n) is 2.08. The lowest BCUT2D eigenvalue weighted by Crippen LogP contribution is -2.25. The van der Waals surface area contributed by atoms with Crippen molar-refractivity contribution < 1.29 is 14.7 Å². The summed E-state index contributed by atoms with van der Waals surface area (Å²) >= 11 is 0. The first kappa shape index (κ1) is 13.1. The summed E-state index contributed by atoms with van der Waals surface area (Å²) in [5, 5.41) is 18.4. The van der Waals surface area contributed by atoms with Gasteiger partial charge in [-0.3, -0.25) is 9.59 Å². The van der Waals surface area contributed by atoms with Crippen molar-refractivity contribution in [2.45, 2.75) is 26.8 Å². The molecule has 94 valence electrons. The van der Waals surface area contributed by atoms with Gasteiger partial charge in [0.15, 0.2) is 5.69 Å². The van der Waals surface area contributed by atoms with E-state index in [1.165, 1.54) is 6.20 Å². The van der Waals surface area contributed by atoms with Crippen molar-refractivity contribution in [3.8, 4) is 0 Å². The van der Waals surface area contributed by atoms with Gasteiger partial charge in [-0.2, -0.15) is 0 Å². The molecule has 0 spiro atoms. The van der Waals surface area contributed by atoms with Gasteiger partial charge in [-0.15, -0.1) is 5.10 Å². The van der Waals surface area contributed by atoms with Crippen LogP contribution in [0.3, 0.4) is 0 Å². The molecule has 0 saturated carbocycles. The van der Waals surface area contributed by atoms with E-state index in [-0.39, 0.29) is 18.1 Å². The van der Waals surface area contributed by atoms with Gasteiger partial charge in [0.25, 0.3) is 5.91 Å². The Kier molecular flexibility index (Phi) is 4.62. The molecule has 0 fully saturated rings. The molecule has 17 heavy (non-hydrogen) atoms. The maximum Gasteiger partial charge on any atom is 0.325 e. The van der Waals surface area contributed by atoms with Crippen LogP contribution in [0.15, 0.2) is 6.20 Å². The lowest BCUT2D eigenvalue weighted by atomic mass is 10.1. The molecule has 7 nitrogen and oxygen atoms in total. The van der Waals surface area contributed by atoms with Gasteiger partial charge in [-0.1, -0.05) is 19.1 Å². The highest BCUT2D eigenvalue weighted by atomic mass is 16.4. The second-order valence-electron chi connectivity index (χ2n) is 4.13. The lowest BCUT2D eigenvalue weighted by Gasteiger charge is -2.04. The number of carboxylic acid groups (broad SMARTS) is 1. The summed E-state index contributed by atoms with van der Waals surface area (Å²) in [5.74, 6) is -0.845. The molecule has 0 unspecified atom stereocenters. The summed E-state index contributed by atoms with van der Waals surface area (Å²) in [5.41, 5.74) is 0.134. The minimum Gasteiger partial charge on any atom is -0.480 e. The van der Waals surface area contributed by atoms with Crippen LogP contribution in [-0.4, -0.2) is 38.5 Å². The summed E-state index contributed by atoms with van der Waals surface area (Å²) in [6.45, 7) is 4.40. The summed E-state index contributed by atoms with van der Waals surface area (Å²) in [6, 6.07) is 0. The lowest BCUT2D eigenvalue weighted by molar-refractivity contribution is -0.137. The van der Waals surface area contributed by atoms with E-state index in [1.807, 2.05) is 0 Å². The Morgan fingerprint density at radius 3 is 2.82 bits per heavy atom. The first-order valence-corrected chi connectivity index (χ1v) is 5.39. The summed E-state index contributed by atoms with van der Waals surface area (Å²) < 4.78 is 1.11. The van der Waals surface area contributed by atoms with E-state index in [4.69, 9.17) is 5.11 Å². The van der Waals surface area contributed by atoms with E-state index in [0.29, 0.717) is 12.5 Å². The Hall–Kier alpha value is -1.92. The second kappa shape index (κ2) is 5.97. The highest BCUT2D eigenvalue weighted by molar-refractivity contribution is 5.91. The van der Waals surface area contributed by atoms with Crippen molar-refractivity contribution >= 4 is 11.9 Å². The smallest absolute Gasteiger partial charge is 0.325 e. The number of carbonyl (C=O) groups excluding carboxylic acids is 1. The first-order chi connectivity index (χ1) is 7.99. The number of nitrogens with one attached hydrogen (secondary N) is 1. The molecule has 0 saturated heterocycles. The predicted molar refractivity (Wildman–Crippen MR) is 59.4 cm³/mol. The SMILES string of the molecule is CC(C)CCNC(=O)c1cn(CC(=O)O)nn1. The Morgan fingerprint density at radius 2 is 2.24 bits per heavy atom. The average Bonchev–Trinajstić information content (AvgIpc) is 2.64. The quantitative estimate of drug-likeness (QED) is 0.737. The van der Waals surface area contributed by atoms with Crippen molar-refractivity contribution in [2.75, 3.05) is 6.54 Å². The average molecular weight is 240 g/mol. The van der Waals surface area contributed by atoms with Crippen molar-refractivity contribution in [1.82, 2.24) is 20.3 Å². The zero-order valence-corrected chi connectivity index (χ0v) is 9.88. The molecule has 1 heterocycles. The van der Waals surface area contributed by atoms with Gasteiger partial charge in [0.1, 0.15) is 6.54 Å². The Balaban J connectivity index is 2.46. The van der Waals surface area contributed by atoms with Gasteiger partial charge in [0.05, 0.1) is 6.20 Å². The highest BCUT2D eigenvalue weighted by Gasteiger charge is 2.11. The number of hydrogen-bond donors (Lipinski definition) is 2. The fourth-order valence-electron chi connectivity index (χ4n) is 1.18. The van der Waals surface area contributed by atoms with Gasteiger partial charge in [0, 0.05) is 6.54 Å². The van der Waals surface area contributed by atoms with E-state index >= 15 is 0 Å². The number of rotatable bonds is 6. The van der Waals surface area contributed by atoms with Crippen LogP contribution in [0.5, 0.6) is 0 Å². The van der Waals surface area contributed by atoms with Gasteiger partial charge in [0.2, 0.25) is 0 Å². The van der Waals surface area contributed by atoms with E-state index in [0.717, 1.165) is 11.1 Å². The maximum atomic E-state index is 11.6. The molecule has 0 radical (unpaired) electrons. The van der Waals surface area contributed by atoms with Gasteiger partial charge < -0.3 is 10.4 Å². The summed E-state index contributed by atoms with van der Waals surface area (Å²) in [7, 11) is 0. The van der Waals surface area contributed by atoms with Crippen LogP contribution in [0, 0.1) is 5.92 Å². The molecule has 1 aromatic heterocycles. The molecule has 1 amide bonds. The van der Waals surface area contributed by atoms with Crippen LogP contribution < -0.4 is 5.32 Å².